The molecule has 0 spiro atoms. The highest BCUT2D eigenvalue weighted by molar-refractivity contribution is 7.13. The van der Waals surface area contributed by atoms with E-state index in [0.29, 0.717) is 12.4 Å². The Balaban J connectivity index is 1.42. The monoisotopic (exact) mass is 395 g/mol. The fourth-order valence-electron chi connectivity index (χ4n) is 3.26. The quantitative estimate of drug-likeness (QED) is 0.668. The van der Waals surface area contributed by atoms with Crippen LogP contribution in [0.2, 0.25) is 0 Å². The number of thiazole rings is 1. The summed E-state index contributed by atoms with van der Waals surface area (Å²) in [4.78, 5) is 27.6. The molecule has 0 saturated carbocycles. The van der Waals surface area contributed by atoms with Gasteiger partial charge in [0, 0.05) is 61.5 Å². The number of anilines is 2. The summed E-state index contributed by atoms with van der Waals surface area (Å²) < 4.78 is 1.71. The van der Waals surface area contributed by atoms with E-state index in [4.69, 9.17) is 0 Å². The molecule has 1 fully saturated rings. The predicted octanol–water partition coefficient (Wildman–Crippen LogP) is 2.75. The van der Waals surface area contributed by atoms with Crippen LogP contribution in [-0.4, -0.2) is 48.6 Å². The lowest BCUT2D eigenvalue weighted by molar-refractivity contribution is -0.124. The lowest BCUT2D eigenvalue weighted by Gasteiger charge is -2.15. The number of likely N-dealkylation sites (tertiary alicyclic amines) is 1. The third kappa shape index (κ3) is 4.25. The van der Waals surface area contributed by atoms with Gasteiger partial charge in [0.05, 0.1) is 11.9 Å². The number of rotatable bonds is 5. The summed E-state index contributed by atoms with van der Waals surface area (Å²) >= 11 is 1.52. The van der Waals surface area contributed by atoms with Crippen molar-refractivity contribution in [2.75, 3.05) is 18.4 Å². The van der Waals surface area contributed by atoms with Crippen LogP contribution in [0.1, 0.15) is 29.4 Å². The first-order valence-corrected chi connectivity index (χ1v) is 9.92. The van der Waals surface area contributed by atoms with Crippen LogP contribution in [0.4, 0.5) is 10.9 Å². The maximum absolute atomic E-state index is 12.5. The van der Waals surface area contributed by atoms with Crippen molar-refractivity contribution in [3.05, 3.63) is 53.2 Å². The van der Waals surface area contributed by atoms with Crippen LogP contribution in [0.5, 0.6) is 0 Å². The molecule has 3 aromatic rings. The highest BCUT2D eigenvalue weighted by atomic mass is 32.1. The van der Waals surface area contributed by atoms with Crippen LogP contribution in [-0.2, 0) is 11.8 Å². The summed E-state index contributed by atoms with van der Waals surface area (Å²) in [6.45, 7) is 3.26. The van der Waals surface area contributed by atoms with Crippen molar-refractivity contribution < 1.29 is 4.79 Å². The van der Waals surface area contributed by atoms with Gasteiger partial charge in [-0.3, -0.25) is 9.48 Å². The number of carbonyl (C=O) groups is 1. The second-order valence-corrected chi connectivity index (χ2v) is 7.63. The second-order valence-electron chi connectivity index (χ2n) is 6.74. The molecule has 28 heavy (non-hydrogen) atoms. The standard InChI is InChI=1S/C19H21N7OS/c1-13-22-16(9-17(23-13)24-19-20-6-8-28-19)15-5-7-26(12-15)18(27)4-3-14-10-21-25(2)11-14/h3-4,6,8-11,15H,5,7,12H2,1-2H3,(H,20,22,23,24)/b4-3+/t15-/m1/s1. The van der Waals surface area contributed by atoms with E-state index in [9.17, 15) is 4.79 Å². The van der Waals surface area contributed by atoms with Crippen molar-refractivity contribution in [1.29, 1.82) is 0 Å². The molecule has 0 aliphatic carbocycles. The molecule has 1 atom stereocenters. The summed E-state index contributed by atoms with van der Waals surface area (Å²) in [5, 5.41) is 10.0. The van der Waals surface area contributed by atoms with E-state index in [-0.39, 0.29) is 11.8 Å². The fraction of sp³-hybridized carbons (Fsp3) is 0.316. The average Bonchev–Trinajstić information content (AvgIpc) is 3.41. The van der Waals surface area contributed by atoms with Crippen molar-refractivity contribution in [2.45, 2.75) is 19.3 Å². The third-order valence-electron chi connectivity index (χ3n) is 4.59. The molecule has 1 aliphatic heterocycles. The first-order valence-electron chi connectivity index (χ1n) is 9.04. The van der Waals surface area contributed by atoms with Gasteiger partial charge in [0.2, 0.25) is 5.91 Å². The molecule has 0 aromatic carbocycles. The SMILES string of the molecule is Cc1nc(Nc2nccs2)cc([C@@H]2CCN(C(=O)/C=C/c3cnn(C)c3)C2)n1. The molecule has 1 amide bonds. The van der Waals surface area contributed by atoms with E-state index >= 15 is 0 Å². The molecule has 9 heteroatoms. The molecule has 1 saturated heterocycles. The summed E-state index contributed by atoms with van der Waals surface area (Å²) in [5.74, 6) is 1.66. The summed E-state index contributed by atoms with van der Waals surface area (Å²) in [5.41, 5.74) is 1.87. The highest BCUT2D eigenvalue weighted by Gasteiger charge is 2.27. The maximum atomic E-state index is 12.5. The zero-order chi connectivity index (χ0) is 19.5. The molecule has 0 bridgehead atoms. The molecule has 0 unspecified atom stereocenters. The molecular formula is C19H21N7OS. The van der Waals surface area contributed by atoms with Gasteiger partial charge in [-0.1, -0.05) is 0 Å². The number of carbonyl (C=O) groups excluding carboxylic acids is 1. The molecular weight excluding hydrogens is 374 g/mol. The molecule has 144 valence electrons. The Morgan fingerprint density at radius 3 is 3.04 bits per heavy atom. The minimum Gasteiger partial charge on any atom is -0.338 e. The molecule has 0 radical (unpaired) electrons. The Morgan fingerprint density at radius 1 is 1.39 bits per heavy atom. The van der Waals surface area contributed by atoms with Crippen molar-refractivity contribution in [1.82, 2.24) is 29.6 Å². The van der Waals surface area contributed by atoms with E-state index in [0.717, 1.165) is 35.2 Å². The van der Waals surface area contributed by atoms with Crippen LogP contribution in [0.15, 0.2) is 36.1 Å². The van der Waals surface area contributed by atoms with E-state index in [1.165, 1.54) is 11.3 Å². The van der Waals surface area contributed by atoms with Gasteiger partial charge in [0.15, 0.2) is 5.13 Å². The van der Waals surface area contributed by atoms with Crippen LogP contribution in [0.25, 0.3) is 6.08 Å². The zero-order valence-electron chi connectivity index (χ0n) is 15.7. The summed E-state index contributed by atoms with van der Waals surface area (Å²) in [6.07, 6.45) is 9.66. The average molecular weight is 395 g/mol. The van der Waals surface area contributed by atoms with Gasteiger partial charge >= 0.3 is 0 Å². The van der Waals surface area contributed by atoms with Crippen LogP contribution in [0.3, 0.4) is 0 Å². The number of nitrogens with zero attached hydrogens (tertiary/aromatic N) is 6. The minimum atomic E-state index is 0.0123. The molecule has 3 aromatic heterocycles. The molecule has 1 N–H and O–H groups in total. The normalized spacial score (nSPS) is 16.8. The Labute approximate surface area is 167 Å². The van der Waals surface area contributed by atoms with Crippen molar-refractivity contribution >= 4 is 34.3 Å². The van der Waals surface area contributed by atoms with Gasteiger partial charge in [-0.25, -0.2) is 15.0 Å². The summed E-state index contributed by atoms with van der Waals surface area (Å²) in [6, 6.07) is 1.96. The lowest BCUT2D eigenvalue weighted by Crippen LogP contribution is -2.26. The second kappa shape index (κ2) is 7.89. The lowest BCUT2D eigenvalue weighted by atomic mass is 10.0. The fourth-order valence-corrected chi connectivity index (χ4v) is 3.80. The van der Waals surface area contributed by atoms with Gasteiger partial charge in [0.1, 0.15) is 11.6 Å². The number of hydrogen-bond donors (Lipinski definition) is 1. The van der Waals surface area contributed by atoms with E-state index < -0.39 is 0 Å². The van der Waals surface area contributed by atoms with Crippen molar-refractivity contribution in [3.8, 4) is 0 Å². The summed E-state index contributed by atoms with van der Waals surface area (Å²) in [7, 11) is 1.85. The zero-order valence-corrected chi connectivity index (χ0v) is 16.6. The molecule has 1 aliphatic rings. The van der Waals surface area contributed by atoms with Crippen molar-refractivity contribution in [2.24, 2.45) is 7.05 Å². The van der Waals surface area contributed by atoms with E-state index in [2.05, 4.69) is 25.4 Å². The van der Waals surface area contributed by atoms with Crippen LogP contribution < -0.4 is 5.32 Å². The van der Waals surface area contributed by atoms with Gasteiger partial charge in [-0.2, -0.15) is 5.10 Å². The first kappa shape index (κ1) is 18.3. The first-order chi connectivity index (χ1) is 13.6. The third-order valence-corrected chi connectivity index (χ3v) is 5.28. The Kier molecular flexibility index (Phi) is 5.16. The number of amides is 1. The van der Waals surface area contributed by atoms with Gasteiger partial charge < -0.3 is 10.2 Å². The van der Waals surface area contributed by atoms with Gasteiger partial charge in [0.25, 0.3) is 0 Å². The van der Waals surface area contributed by atoms with Crippen LogP contribution in [0, 0.1) is 6.92 Å². The van der Waals surface area contributed by atoms with Crippen LogP contribution >= 0.6 is 11.3 Å². The van der Waals surface area contributed by atoms with Gasteiger partial charge in [-0.05, 0) is 19.4 Å². The maximum Gasteiger partial charge on any atom is 0.246 e. The van der Waals surface area contributed by atoms with Crippen molar-refractivity contribution in [3.63, 3.8) is 0 Å². The van der Waals surface area contributed by atoms with E-state index in [1.807, 2.05) is 36.5 Å². The molecule has 8 nitrogen and oxygen atoms in total. The predicted molar refractivity (Wildman–Crippen MR) is 108 cm³/mol. The number of hydrogen-bond acceptors (Lipinski definition) is 7. The topological polar surface area (TPSA) is 88.8 Å². The van der Waals surface area contributed by atoms with E-state index in [1.54, 1.807) is 29.2 Å². The van der Waals surface area contributed by atoms with Gasteiger partial charge in [-0.15, -0.1) is 11.3 Å². The Morgan fingerprint density at radius 2 is 2.29 bits per heavy atom. The number of aryl methyl sites for hydroxylation is 2. The number of nitrogens with one attached hydrogen (secondary N) is 1. The Bertz CT molecular complexity index is 996. The number of aromatic nitrogens is 5. The highest BCUT2D eigenvalue weighted by Crippen LogP contribution is 2.28. The molecule has 4 heterocycles. The minimum absolute atomic E-state index is 0.0123. The smallest absolute Gasteiger partial charge is 0.246 e. The molecule has 4 rings (SSSR count). The Hall–Kier alpha value is -3.07. The largest absolute Gasteiger partial charge is 0.338 e.